The van der Waals surface area contributed by atoms with Crippen LogP contribution in [0.3, 0.4) is 0 Å². The first kappa shape index (κ1) is 19.2. The third kappa shape index (κ3) is 3.71. The number of nitrogens with one attached hydrogen (secondary N) is 1. The number of amides is 1. The van der Waals surface area contributed by atoms with Crippen LogP contribution in [0, 0.1) is 30.1 Å². The maximum Gasteiger partial charge on any atom is 0.326 e. The zero-order chi connectivity index (χ0) is 19.9. The van der Waals surface area contributed by atoms with Gasteiger partial charge in [-0.1, -0.05) is 17.7 Å². The molecule has 1 unspecified atom stereocenters. The molecule has 0 saturated heterocycles. The Bertz CT molecular complexity index is 764. The molecule has 5 rings (SSSR count). The standard InChI is InChI=1S/C23H29NO4/c1-14-4-3-5-19(6-14)22(27)24-13-20(25)28-15(2)21(26)23-10-16-7-17(11-23)9-18(8-16)12-23/h3-6,15-18H,7-13H2,1-2H3,(H,24,27). The molecule has 0 aliphatic heterocycles. The average molecular weight is 383 g/mol. The van der Waals surface area contributed by atoms with Crippen LogP contribution in [0.5, 0.6) is 0 Å². The Morgan fingerprint density at radius 1 is 1.11 bits per heavy atom. The summed E-state index contributed by atoms with van der Waals surface area (Å²) < 4.78 is 5.41. The van der Waals surface area contributed by atoms with E-state index in [1.807, 2.05) is 13.0 Å². The van der Waals surface area contributed by atoms with Crippen molar-refractivity contribution in [2.24, 2.45) is 23.2 Å². The Morgan fingerprint density at radius 2 is 1.71 bits per heavy atom. The van der Waals surface area contributed by atoms with Crippen molar-refractivity contribution >= 4 is 17.7 Å². The van der Waals surface area contributed by atoms with Crippen LogP contribution in [0.15, 0.2) is 24.3 Å². The summed E-state index contributed by atoms with van der Waals surface area (Å²) in [5.41, 5.74) is 1.20. The number of esters is 1. The van der Waals surface area contributed by atoms with Crippen LogP contribution in [0.1, 0.15) is 61.4 Å². The molecule has 28 heavy (non-hydrogen) atoms. The molecule has 1 atom stereocenters. The van der Waals surface area contributed by atoms with E-state index in [0.717, 1.165) is 24.8 Å². The molecule has 0 radical (unpaired) electrons. The van der Waals surface area contributed by atoms with E-state index in [-0.39, 0.29) is 23.7 Å². The lowest BCUT2D eigenvalue weighted by atomic mass is 9.48. The number of ether oxygens (including phenoxy) is 1. The second-order valence-electron chi connectivity index (χ2n) is 9.25. The normalized spacial score (nSPS) is 31.3. The summed E-state index contributed by atoms with van der Waals surface area (Å²) in [6.07, 6.45) is 5.94. The van der Waals surface area contributed by atoms with Crippen LogP contribution in [-0.2, 0) is 14.3 Å². The minimum absolute atomic E-state index is 0.0879. The minimum Gasteiger partial charge on any atom is -0.453 e. The first-order valence-corrected chi connectivity index (χ1v) is 10.4. The largest absolute Gasteiger partial charge is 0.453 e. The Morgan fingerprint density at radius 3 is 2.29 bits per heavy atom. The van der Waals surface area contributed by atoms with Gasteiger partial charge in [-0.25, -0.2) is 0 Å². The predicted octanol–water partition coefficient (Wildman–Crippen LogP) is 3.44. The molecule has 150 valence electrons. The smallest absolute Gasteiger partial charge is 0.326 e. The number of Topliss-reactive ketones (excluding diaryl/α,β-unsaturated/α-hetero) is 1. The summed E-state index contributed by atoms with van der Waals surface area (Å²) >= 11 is 0. The van der Waals surface area contributed by atoms with Gasteiger partial charge < -0.3 is 10.1 Å². The van der Waals surface area contributed by atoms with Crippen LogP contribution < -0.4 is 5.32 Å². The minimum atomic E-state index is -0.750. The summed E-state index contributed by atoms with van der Waals surface area (Å²) in [7, 11) is 0. The van der Waals surface area contributed by atoms with Crippen molar-refractivity contribution < 1.29 is 19.1 Å². The maximum atomic E-state index is 13.2. The molecule has 1 aromatic carbocycles. The first-order chi connectivity index (χ1) is 13.3. The number of benzene rings is 1. The van der Waals surface area contributed by atoms with Gasteiger partial charge in [-0.3, -0.25) is 14.4 Å². The highest BCUT2D eigenvalue weighted by Crippen LogP contribution is 2.60. The molecule has 4 bridgehead atoms. The lowest BCUT2D eigenvalue weighted by molar-refractivity contribution is -0.164. The summed E-state index contributed by atoms with van der Waals surface area (Å²) in [5, 5.41) is 2.58. The third-order valence-electron chi connectivity index (χ3n) is 6.91. The average Bonchev–Trinajstić information content (AvgIpc) is 2.64. The van der Waals surface area contributed by atoms with Gasteiger partial charge in [0.15, 0.2) is 11.9 Å². The van der Waals surface area contributed by atoms with E-state index in [4.69, 9.17) is 4.74 Å². The zero-order valence-corrected chi connectivity index (χ0v) is 16.7. The van der Waals surface area contributed by atoms with Crippen molar-refractivity contribution in [1.29, 1.82) is 0 Å². The topological polar surface area (TPSA) is 72.5 Å². The van der Waals surface area contributed by atoms with E-state index in [9.17, 15) is 14.4 Å². The van der Waals surface area contributed by atoms with Crippen LogP contribution >= 0.6 is 0 Å². The highest BCUT2D eigenvalue weighted by atomic mass is 16.5. The SMILES string of the molecule is Cc1cccc(C(=O)NCC(=O)OC(C)C(=O)C23CC4CC(CC(C4)C2)C3)c1. The lowest BCUT2D eigenvalue weighted by Crippen LogP contribution is -2.53. The van der Waals surface area contributed by atoms with Crippen LogP contribution in [0.25, 0.3) is 0 Å². The summed E-state index contributed by atoms with van der Waals surface area (Å²) in [5.74, 6) is 1.22. The Hall–Kier alpha value is -2.17. The molecule has 1 N–H and O–H groups in total. The molecule has 5 heteroatoms. The second kappa shape index (κ2) is 7.34. The quantitative estimate of drug-likeness (QED) is 0.764. The van der Waals surface area contributed by atoms with Crippen molar-refractivity contribution in [3.63, 3.8) is 0 Å². The van der Waals surface area contributed by atoms with E-state index in [0.29, 0.717) is 23.3 Å². The number of hydrogen-bond donors (Lipinski definition) is 1. The third-order valence-corrected chi connectivity index (χ3v) is 6.91. The lowest BCUT2D eigenvalue weighted by Gasteiger charge is -2.56. The first-order valence-electron chi connectivity index (χ1n) is 10.4. The van der Waals surface area contributed by atoms with E-state index in [2.05, 4.69) is 5.32 Å². The molecular weight excluding hydrogens is 354 g/mol. The fourth-order valence-corrected chi connectivity index (χ4v) is 6.18. The van der Waals surface area contributed by atoms with Gasteiger partial charge in [0, 0.05) is 11.0 Å². The highest BCUT2D eigenvalue weighted by molar-refractivity contribution is 5.96. The molecule has 5 nitrogen and oxygen atoms in total. The van der Waals surface area contributed by atoms with E-state index >= 15 is 0 Å². The van der Waals surface area contributed by atoms with Crippen LogP contribution in [0.4, 0.5) is 0 Å². The fraction of sp³-hybridized carbons (Fsp3) is 0.609. The summed E-state index contributed by atoms with van der Waals surface area (Å²) in [6, 6.07) is 7.17. The van der Waals surface area contributed by atoms with Gasteiger partial charge in [0.2, 0.25) is 0 Å². The molecule has 0 heterocycles. The number of carbonyl (C=O) groups is 3. The number of carbonyl (C=O) groups excluding carboxylic acids is 3. The summed E-state index contributed by atoms with van der Waals surface area (Å²) in [6.45, 7) is 3.36. The van der Waals surface area contributed by atoms with Crippen molar-refractivity contribution in [3.05, 3.63) is 35.4 Å². The van der Waals surface area contributed by atoms with E-state index in [1.54, 1.807) is 25.1 Å². The van der Waals surface area contributed by atoms with Crippen molar-refractivity contribution in [2.45, 2.75) is 58.5 Å². The maximum absolute atomic E-state index is 13.2. The van der Waals surface area contributed by atoms with E-state index in [1.165, 1.54) is 19.3 Å². The number of ketones is 1. The van der Waals surface area contributed by atoms with Crippen molar-refractivity contribution in [2.75, 3.05) is 6.54 Å². The van der Waals surface area contributed by atoms with E-state index < -0.39 is 12.1 Å². The molecule has 4 saturated carbocycles. The number of rotatable bonds is 6. The van der Waals surface area contributed by atoms with Crippen LogP contribution in [-0.4, -0.2) is 30.3 Å². The van der Waals surface area contributed by atoms with Crippen molar-refractivity contribution in [1.82, 2.24) is 5.32 Å². The Kier molecular flexibility index (Phi) is 5.02. The zero-order valence-electron chi connectivity index (χ0n) is 16.7. The predicted molar refractivity (Wildman–Crippen MR) is 105 cm³/mol. The van der Waals surface area contributed by atoms with Gasteiger partial charge in [-0.2, -0.15) is 0 Å². The van der Waals surface area contributed by atoms with Gasteiger partial charge in [0.05, 0.1) is 0 Å². The fourth-order valence-electron chi connectivity index (χ4n) is 6.18. The number of aryl methyl sites for hydroxylation is 1. The van der Waals surface area contributed by atoms with Gasteiger partial charge in [-0.05, 0) is 82.3 Å². The number of hydrogen-bond acceptors (Lipinski definition) is 4. The van der Waals surface area contributed by atoms with Crippen LogP contribution in [0.2, 0.25) is 0 Å². The molecule has 4 fully saturated rings. The molecule has 0 aromatic heterocycles. The molecule has 0 spiro atoms. The molecule has 1 aromatic rings. The Balaban J connectivity index is 1.31. The monoisotopic (exact) mass is 383 g/mol. The van der Waals surface area contributed by atoms with Gasteiger partial charge in [-0.15, -0.1) is 0 Å². The summed E-state index contributed by atoms with van der Waals surface area (Å²) in [4.78, 5) is 37.5. The molecule has 4 aliphatic carbocycles. The van der Waals surface area contributed by atoms with Gasteiger partial charge >= 0.3 is 5.97 Å². The highest BCUT2D eigenvalue weighted by Gasteiger charge is 2.55. The molecular formula is C23H29NO4. The molecule has 4 aliphatic rings. The van der Waals surface area contributed by atoms with Gasteiger partial charge in [0.25, 0.3) is 5.91 Å². The van der Waals surface area contributed by atoms with Crippen molar-refractivity contribution in [3.8, 4) is 0 Å². The molecule has 1 amide bonds. The second-order valence-corrected chi connectivity index (χ2v) is 9.25. The Labute approximate surface area is 166 Å². The van der Waals surface area contributed by atoms with Gasteiger partial charge in [0.1, 0.15) is 6.54 Å².